The molecule has 0 radical (unpaired) electrons. The minimum atomic E-state index is -0.207. The second kappa shape index (κ2) is 5.09. The molecule has 1 aromatic heterocycles. The summed E-state index contributed by atoms with van der Waals surface area (Å²) in [6.45, 7) is 1.78. The van der Waals surface area contributed by atoms with Gasteiger partial charge in [0, 0.05) is 23.5 Å². The Balaban J connectivity index is 1.93. The van der Waals surface area contributed by atoms with Crippen molar-refractivity contribution < 1.29 is 4.79 Å². The Labute approximate surface area is 116 Å². The lowest BCUT2D eigenvalue weighted by Crippen LogP contribution is -2.13. The van der Waals surface area contributed by atoms with E-state index in [4.69, 9.17) is 0 Å². The maximum absolute atomic E-state index is 12.2. The van der Waals surface area contributed by atoms with Crippen LogP contribution in [0.5, 0.6) is 0 Å². The van der Waals surface area contributed by atoms with Crippen molar-refractivity contribution in [3.8, 4) is 0 Å². The number of nitrogens with one attached hydrogen (secondary N) is 1. The SMILES string of the molecule is Cc1ncc(C(=O)Nc2cccc3ccccc23)cn1. The summed E-state index contributed by atoms with van der Waals surface area (Å²) in [4.78, 5) is 20.2. The van der Waals surface area contributed by atoms with Gasteiger partial charge in [0.1, 0.15) is 5.82 Å². The molecule has 0 unspecified atom stereocenters. The predicted octanol–water partition coefficient (Wildman–Crippen LogP) is 3.19. The van der Waals surface area contributed by atoms with Crippen LogP contribution >= 0.6 is 0 Å². The van der Waals surface area contributed by atoms with Gasteiger partial charge >= 0.3 is 0 Å². The first-order chi connectivity index (χ1) is 9.74. The van der Waals surface area contributed by atoms with Crippen LogP contribution in [-0.4, -0.2) is 15.9 Å². The van der Waals surface area contributed by atoms with Crippen molar-refractivity contribution in [1.29, 1.82) is 0 Å². The quantitative estimate of drug-likeness (QED) is 0.772. The molecule has 4 nitrogen and oxygen atoms in total. The van der Waals surface area contributed by atoms with Gasteiger partial charge in [-0.1, -0.05) is 36.4 Å². The molecule has 3 rings (SSSR count). The summed E-state index contributed by atoms with van der Waals surface area (Å²) in [7, 11) is 0. The number of hydrogen-bond acceptors (Lipinski definition) is 3. The number of nitrogens with zero attached hydrogens (tertiary/aromatic N) is 2. The number of carbonyl (C=O) groups is 1. The molecule has 0 aliphatic heterocycles. The molecule has 0 saturated carbocycles. The van der Waals surface area contributed by atoms with E-state index in [2.05, 4.69) is 15.3 Å². The van der Waals surface area contributed by atoms with Crippen LogP contribution in [0, 0.1) is 6.92 Å². The molecule has 98 valence electrons. The Morgan fingerprint density at radius 3 is 2.50 bits per heavy atom. The van der Waals surface area contributed by atoms with Crippen molar-refractivity contribution in [2.24, 2.45) is 0 Å². The lowest BCUT2D eigenvalue weighted by Gasteiger charge is -2.08. The fourth-order valence-corrected chi connectivity index (χ4v) is 2.04. The summed E-state index contributed by atoms with van der Waals surface area (Å²) < 4.78 is 0. The van der Waals surface area contributed by atoms with Gasteiger partial charge in [-0.25, -0.2) is 9.97 Å². The second-order valence-corrected chi connectivity index (χ2v) is 4.50. The van der Waals surface area contributed by atoms with E-state index in [9.17, 15) is 4.79 Å². The van der Waals surface area contributed by atoms with E-state index in [1.54, 1.807) is 6.92 Å². The van der Waals surface area contributed by atoms with Gasteiger partial charge in [-0.2, -0.15) is 0 Å². The highest BCUT2D eigenvalue weighted by atomic mass is 16.1. The number of rotatable bonds is 2. The van der Waals surface area contributed by atoms with Gasteiger partial charge in [0.2, 0.25) is 0 Å². The van der Waals surface area contributed by atoms with E-state index in [0.717, 1.165) is 16.5 Å². The summed E-state index contributed by atoms with van der Waals surface area (Å²) >= 11 is 0. The monoisotopic (exact) mass is 263 g/mol. The van der Waals surface area contributed by atoms with Crippen LogP contribution in [0.1, 0.15) is 16.2 Å². The third kappa shape index (κ3) is 2.36. The Morgan fingerprint density at radius 2 is 1.70 bits per heavy atom. The third-order valence-electron chi connectivity index (χ3n) is 3.08. The van der Waals surface area contributed by atoms with Crippen LogP contribution in [0.4, 0.5) is 5.69 Å². The van der Waals surface area contributed by atoms with Crippen molar-refractivity contribution in [1.82, 2.24) is 9.97 Å². The molecule has 0 fully saturated rings. The summed E-state index contributed by atoms with van der Waals surface area (Å²) in [6.07, 6.45) is 3.06. The highest BCUT2D eigenvalue weighted by molar-refractivity contribution is 6.08. The van der Waals surface area contributed by atoms with Crippen molar-refractivity contribution in [3.63, 3.8) is 0 Å². The fraction of sp³-hybridized carbons (Fsp3) is 0.0625. The van der Waals surface area contributed by atoms with Gasteiger partial charge in [0.15, 0.2) is 0 Å². The molecule has 0 saturated heterocycles. The fourth-order valence-electron chi connectivity index (χ4n) is 2.04. The van der Waals surface area contributed by atoms with Crippen molar-refractivity contribution in [2.75, 3.05) is 5.32 Å². The third-order valence-corrected chi connectivity index (χ3v) is 3.08. The Bertz CT molecular complexity index is 761. The lowest BCUT2D eigenvalue weighted by atomic mass is 10.1. The van der Waals surface area contributed by atoms with Gasteiger partial charge in [-0.05, 0) is 18.4 Å². The summed E-state index contributed by atoms with van der Waals surface area (Å²) in [6, 6.07) is 13.7. The van der Waals surface area contributed by atoms with E-state index >= 15 is 0 Å². The number of fused-ring (bicyclic) bond motifs is 1. The van der Waals surface area contributed by atoms with E-state index in [0.29, 0.717) is 11.4 Å². The molecule has 1 amide bonds. The van der Waals surface area contributed by atoms with E-state index in [-0.39, 0.29) is 5.91 Å². The van der Waals surface area contributed by atoms with Gasteiger partial charge in [0.05, 0.1) is 5.56 Å². The number of hydrogen-bond donors (Lipinski definition) is 1. The number of benzene rings is 2. The molecule has 20 heavy (non-hydrogen) atoms. The van der Waals surface area contributed by atoms with Crippen LogP contribution in [0.25, 0.3) is 10.8 Å². The largest absolute Gasteiger partial charge is 0.321 e. The van der Waals surface area contributed by atoms with Crippen LogP contribution in [0.2, 0.25) is 0 Å². The zero-order valence-electron chi connectivity index (χ0n) is 11.0. The number of aromatic nitrogens is 2. The van der Waals surface area contributed by atoms with Gasteiger partial charge in [0.25, 0.3) is 5.91 Å². The molecule has 3 aromatic rings. The molecule has 0 aliphatic rings. The zero-order valence-corrected chi connectivity index (χ0v) is 11.0. The Hall–Kier alpha value is -2.75. The molecule has 0 atom stereocenters. The minimum Gasteiger partial charge on any atom is -0.321 e. The first-order valence-electron chi connectivity index (χ1n) is 6.32. The smallest absolute Gasteiger partial charge is 0.258 e. The van der Waals surface area contributed by atoms with E-state index < -0.39 is 0 Å². The molecule has 0 spiro atoms. The maximum atomic E-state index is 12.2. The minimum absolute atomic E-state index is 0.207. The molecular weight excluding hydrogens is 250 g/mol. The van der Waals surface area contributed by atoms with Gasteiger partial charge in [-0.15, -0.1) is 0 Å². The van der Waals surface area contributed by atoms with Gasteiger partial charge < -0.3 is 5.32 Å². The second-order valence-electron chi connectivity index (χ2n) is 4.50. The zero-order chi connectivity index (χ0) is 13.9. The lowest BCUT2D eigenvalue weighted by molar-refractivity contribution is 0.102. The average Bonchev–Trinajstić information content (AvgIpc) is 2.48. The predicted molar refractivity (Wildman–Crippen MR) is 78.7 cm³/mol. The number of carbonyl (C=O) groups excluding carboxylic acids is 1. The summed E-state index contributed by atoms with van der Waals surface area (Å²) in [5.41, 5.74) is 1.23. The van der Waals surface area contributed by atoms with Gasteiger partial charge in [-0.3, -0.25) is 4.79 Å². The highest BCUT2D eigenvalue weighted by Gasteiger charge is 2.08. The van der Waals surface area contributed by atoms with Crippen molar-refractivity contribution in [3.05, 3.63) is 66.2 Å². The normalized spacial score (nSPS) is 10.4. The summed E-state index contributed by atoms with van der Waals surface area (Å²) in [5, 5.41) is 5.00. The Kier molecular flexibility index (Phi) is 3.13. The molecule has 1 N–H and O–H groups in total. The highest BCUT2D eigenvalue weighted by Crippen LogP contribution is 2.23. The average molecular weight is 263 g/mol. The topological polar surface area (TPSA) is 54.9 Å². The number of aryl methyl sites for hydroxylation is 1. The molecule has 4 heteroatoms. The van der Waals surface area contributed by atoms with Crippen LogP contribution < -0.4 is 5.32 Å². The molecule has 2 aromatic carbocycles. The summed E-state index contributed by atoms with van der Waals surface area (Å²) in [5.74, 6) is 0.438. The van der Waals surface area contributed by atoms with E-state index in [1.165, 1.54) is 12.4 Å². The molecule has 0 aliphatic carbocycles. The van der Waals surface area contributed by atoms with Crippen LogP contribution in [0.15, 0.2) is 54.9 Å². The molecule has 1 heterocycles. The van der Waals surface area contributed by atoms with Crippen molar-refractivity contribution >= 4 is 22.4 Å². The van der Waals surface area contributed by atoms with Crippen molar-refractivity contribution in [2.45, 2.75) is 6.92 Å². The number of amides is 1. The van der Waals surface area contributed by atoms with E-state index in [1.807, 2.05) is 42.5 Å². The first kappa shape index (κ1) is 12.3. The number of anilines is 1. The van der Waals surface area contributed by atoms with Crippen LogP contribution in [-0.2, 0) is 0 Å². The Morgan fingerprint density at radius 1 is 1.00 bits per heavy atom. The maximum Gasteiger partial charge on any atom is 0.258 e. The molecular formula is C16H13N3O. The standard InChI is InChI=1S/C16H13N3O/c1-11-17-9-13(10-18-11)16(20)19-15-8-4-6-12-5-2-3-7-14(12)15/h2-10H,1H3,(H,19,20). The molecule has 0 bridgehead atoms. The van der Waals surface area contributed by atoms with Crippen LogP contribution in [0.3, 0.4) is 0 Å². The first-order valence-corrected chi connectivity index (χ1v) is 6.32.